The van der Waals surface area contributed by atoms with Gasteiger partial charge in [0.15, 0.2) is 0 Å². The van der Waals surface area contributed by atoms with Gasteiger partial charge in [-0.15, -0.1) is 11.3 Å². The zero-order valence-electron chi connectivity index (χ0n) is 10.6. The Bertz CT molecular complexity index is 434. The summed E-state index contributed by atoms with van der Waals surface area (Å²) in [5, 5.41) is 11.7. The van der Waals surface area contributed by atoms with Gasteiger partial charge in [-0.05, 0) is 32.9 Å². The number of nitrogens with one attached hydrogen (secondary N) is 1. The first-order chi connectivity index (χ1) is 8.28. The summed E-state index contributed by atoms with van der Waals surface area (Å²) in [5.41, 5.74) is -0.488. The third-order valence-corrected chi connectivity index (χ3v) is 2.93. The number of carboxylic acids is 1. The van der Waals surface area contributed by atoms with E-state index in [0.717, 1.165) is 4.88 Å². The maximum Gasteiger partial charge on any atom is 0.345 e. The maximum atomic E-state index is 11.4. The number of esters is 1. The minimum atomic E-state index is -0.932. The van der Waals surface area contributed by atoms with E-state index in [9.17, 15) is 9.59 Å². The first-order valence-corrected chi connectivity index (χ1v) is 6.34. The van der Waals surface area contributed by atoms with Gasteiger partial charge in [0.25, 0.3) is 0 Å². The van der Waals surface area contributed by atoms with E-state index in [1.807, 2.05) is 20.8 Å². The van der Waals surface area contributed by atoms with Gasteiger partial charge in [0, 0.05) is 11.4 Å². The van der Waals surface area contributed by atoms with Gasteiger partial charge < -0.3 is 15.2 Å². The Hall–Kier alpha value is -1.40. The van der Waals surface area contributed by atoms with Crippen molar-refractivity contribution >= 4 is 23.3 Å². The van der Waals surface area contributed by atoms with Gasteiger partial charge in [0.1, 0.15) is 10.5 Å². The van der Waals surface area contributed by atoms with Gasteiger partial charge in [-0.25, -0.2) is 4.79 Å². The van der Waals surface area contributed by atoms with Gasteiger partial charge >= 0.3 is 11.9 Å². The molecule has 0 amide bonds. The topological polar surface area (TPSA) is 75.6 Å². The predicted octanol–water partition coefficient (Wildman–Crippen LogP) is 1.88. The Morgan fingerprint density at radius 2 is 2.06 bits per heavy atom. The Morgan fingerprint density at radius 3 is 2.56 bits per heavy atom. The smallest absolute Gasteiger partial charge is 0.345 e. The van der Waals surface area contributed by atoms with E-state index in [4.69, 9.17) is 9.84 Å². The number of thiophene rings is 1. The molecule has 1 heterocycles. The number of hydrogen-bond donors (Lipinski definition) is 2. The van der Waals surface area contributed by atoms with Crippen LogP contribution in [0.15, 0.2) is 12.1 Å². The van der Waals surface area contributed by atoms with E-state index in [1.54, 1.807) is 12.1 Å². The van der Waals surface area contributed by atoms with Crippen molar-refractivity contribution in [2.75, 3.05) is 6.54 Å². The highest BCUT2D eigenvalue weighted by Gasteiger charge is 2.15. The summed E-state index contributed by atoms with van der Waals surface area (Å²) in [5.74, 6) is -1.25. The summed E-state index contributed by atoms with van der Waals surface area (Å²) in [4.78, 5) is 23.2. The number of carbonyl (C=O) groups is 2. The average Bonchev–Trinajstić information content (AvgIpc) is 2.63. The molecule has 0 aliphatic carbocycles. The van der Waals surface area contributed by atoms with Crippen molar-refractivity contribution in [3.8, 4) is 0 Å². The van der Waals surface area contributed by atoms with Crippen molar-refractivity contribution in [3.63, 3.8) is 0 Å². The molecule has 18 heavy (non-hydrogen) atoms. The fourth-order valence-electron chi connectivity index (χ4n) is 1.25. The largest absolute Gasteiger partial charge is 0.477 e. The molecule has 0 aliphatic rings. The molecule has 0 unspecified atom stereocenters. The molecule has 0 saturated heterocycles. The lowest BCUT2D eigenvalue weighted by Gasteiger charge is -2.19. The van der Waals surface area contributed by atoms with E-state index in [1.165, 1.54) is 11.3 Å². The van der Waals surface area contributed by atoms with Crippen LogP contribution in [0.1, 0.15) is 35.3 Å². The van der Waals surface area contributed by atoms with Gasteiger partial charge in [-0.1, -0.05) is 0 Å². The Morgan fingerprint density at radius 1 is 1.39 bits per heavy atom. The third kappa shape index (κ3) is 5.29. The predicted molar refractivity (Wildman–Crippen MR) is 68.8 cm³/mol. The molecule has 1 rings (SSSR count). The van der Waals surface area contributed by atoms with Crippen molar-refractivity contribution in [1.82, 2.24) is 5.32 Å². The Balaban J connectivity index is 2.33. The van der Waals surface area contributed by atoms with Gasteiger partial charge in [0.2, 0.25) is 0 Å². The van der Waals surface area contributed by atoms with E-state index in [0.29, 0.717) is 11.4 Å². The lowest BCUT2D eigenvalue weighted by atomic mass is 10.2. The molecular formula is C12H17NO4S. The lowest BCUT2D eigenvalue weighted by molar-refractivity contribution is -0.153. The van der Waals surface area contributed by atoms with Crippen LogP contribution in [0.25, 0.3) is 0 Å². The van der Waals surface area contributed by atoms with Crippen molar-refractivity contribution in [1.29, 1.82) is 0 Å². The number of rotatable bonds is 5. The lowest BCUT2D eigenvalue weighted by Crippen LogP contribution is -2.31. The van der Waals surface area contributed by atoms with Crippen LogP contribution in [-0.2, 0) is 16.1 Å². The second kappa shape index (κ2) is 5.97. The molecule has 0 atom stereocenters. The highest BCUT2D eigenvalue weighted by Crippen LogP contribution is 2.16. The Labute approximate surface area is 110 Å². The zero-order valence-corrected chi connectivity index (χ0v) is 11.5. The SMILES string of the molecule is CC(C)(C)OC(=O)CNCc1ccc(C(=O)O)s1. The number of ether oxygens (including phenoxy) is 1. The maximum absolute atomic E-state index is 11.4. The molecule has 0 aromatic carbocycles. The zero-order chi connectivity index (χ0) is 13.8. The van der Waals surface area contributed by atoms with Crippen LogP contribution in [0.3, 0.4) is 0 Å². The van der Waals surface area contributed by atoms with Crippen LogP contribution in [0.2, 0.25) is 0 Å². The van der Waals surface area contributed by atoms with Gasteiger partial charge in [-0.2, -0.15) is 0 Å². The summed E-state index contributed by atoms with van der Waals surface area (Å²) in [6, 6.07) is 3.29. The normalized spacial score (nSPS) is 11.3. The summed E-state index contributed by atoms with van der Waals surface area (Å²) in [6.45, 7) is 5.99. The molecule has 5 nitrogen and oxygen atoms in total. The molecule has 1 aromatic rings. The molecule has 0 aliphatic heterocycles. The van der Waals surface area contributed by atoms with Crippen molar-refractivity contribution in [2.45, 2.75) is 32.9 Å². The fourth-order valence-corrected chi connectivity index (χ4v) is 2.07. The quantitative estimate of drug-likeness (QED) is 0.800. The molecule has 0 spiro atoms. The van der Waals surface area contributed by atoms with Crippen LogP contribution in [0, 0.1) is 0 Å². The molecule has 100 valence electrons. The molecular weight excluding hydrogens is 254 g/mol. The molecule has 2 N–H and O–H groups in total. The van der Waals surface area contributed by atoms with Crippen LogP contribution in [0.5, 0.6) is 0 Å². The van der Waals surface area contributed by atoms with Crippen molar-refractivity contribution < 1.29 is 19.4 Å². The third-order valence-electron chi connectivity index (χ3n) is 1.86. The van der Waals surface area contributed by atoms with Crippen LogP contribution in [0.4, 0.5) is 0 Å². The number of carboxylic acid groups (broad SMARTS) is 1. The molecule has 0 saturated carbocycles. The van der Waals surface area contributed by atoms with Crippen molar-refractivity contribution in [3.05, 3.63) is 21.9 Å². The van der Waals surface area contributed by atoms with Gasteiger partial charge in [-0.3, -0.25) is 4.79 Å². The molecule has 0 radical (unpaired) electrons. The monoisotopic (exact) mass is 271 g/mol. The van der Waals surface area contributed by atoms with Crippen LogP contribution < -0.4 is 5.32 Å². The van der Waals surface area contributed by atoms with E-state index < -0.39 is 11.6 Å². The minimum Gasteiger partial charge on any atom is -0.477 e. The molecule has 1 aromatic heterocycles. The van der Waals surface area contributed by atoms with E-state index in [-0.39, 0.29) is 12.5 Å². The average molecular weight is 271 g/mol. The number of aromatic carboxylic acids is 1. The number of carbonyl (C=O) groups excluding carboxylic acids is 1. The second-order valence-corrected chi connectivity index (χ2v) is 5.93. The minimum absolute atomic E-state index is 0.109. The summed E-state index contributed by atoms with van der Waals surface area (Å²) < 4.78 is 5.13. The molecule has 6 heteroatoms. The second-order valence-electron chi connectivity index (χ2n) is 4.76. The van der Waals surface area contributed by atoms with E-state index >= 15 is 0 Å². The van der Waals surface area contributed by atoms with E-state index in [2.05, 4.69) is 5.32 Å². The Kier molecular flexibility index (Phi) is 4.86. The summed E-state index contributed by atoms with van der Waals surface area (Å²) >= 11 is 1.19. The first-order valence-electron chi connectivity index (χ1n) is 5.52. The van der Waals surface area contributed by atoms with Crippen molar-refractivity contribution in [2.24, 2.45) is 0 Å². The first kappa shape index (κ1) is 14.7. The highest BCUT2D eigenvalue weighted by molar-refractivity contribution is 7.13. The molecule has 0 fully saturated rings. The molecule has 0 bridgehead atoms. The number of hydrogen-bond acceptors (Lipinski definition) is 5. The highest BCUT2D eigenvalue weighted by atomic mass is 32.1. The summed E-state index contributed by atoms with van der Waals surface area (Å²) in [6.07, 6.45) is 0. The fraction of sp³-hybridized carbons (Fsp3) is 0.500. The van der Waals surface area contributed by atoms with Crippen LogP contribution >= 0.6 is 11.3 Å². The van der Waals surface area contributed by atoms with Gasteiger partial charge in [0.05, 0.1) is 6.54 Å². The standard InChI is InChI=1S/C12H17NO4S/c1-12(2,3)17-10(14)7-13-6-8-4-5-9(18-8)11(15)16/h4-5,13H,6-7H2,1-3H3,(H,15,16). The summed E-state index contributed by atoms with van der Waals surface area (Å²) in [7, 11) is 0. The van der Waals surface area contributed by atoms with Crippen LogP contribution in [-0.4, -0.2) is 29.2 Å².